The Labute approximate surface area is 84.2 Å². The molecule has 0 aliphatic heterocycles. The highest BCUT2D eigenvalue weighted by molar-refractivity contribution is 7.61. The van der Waals surface area contributed by atoms with Crippen molar-refractivity contribution in [2.24, 2.45) is 4.36 Å². The zero-order chi connectivity index (χ0) is 10.4. The Morgan fingerprint density at radius 3 is 2.43 bits per heavy atom. The Morgan fingerprint density at radius 2 is 1.93 bits per heavy atom. The van der Waals surface area contributed by atoms with Gasteiger partial charge in [-0.1, -0.05) is 6.92 Å². The number of hydrogen-bond acceptors (Lipinski definition) is 4. The van der Waals surface area contributed by atoms with E-state index in [9.17, 15) is 8.42 Å². The smallest absolute Gasteiger partial charge is 0.316 e. The predicted octanol–water partition coefficient (Wildman–Crippen LogP) is 2.17. The lowest BCUT2D eigenvalue weighted by atomic mass is 10.3. The van der Waals surface area contributed by atoms with Gasteiger partial charge in [0.2, 0.25) is 0 Å². The fourth-order valence-electron chi connectivity index (χ4n) is 0.909. The van der Waals surface area contributed by atoms with Crippen LogP contribution in [0.4, 0.5) is 5.69 Å². The minimum Gasteiger partial charge on any atom is -0.494 e. The van der Waals surface area contributed by atoms with Gasteiger partial charge in [-0.05, 0) is 30.7 Å². The van der Waals surface area contributed by atoms with Crippen LogP contribution in [-0.4, -0.2) is 15.0 Å². The van der Waals surface area contributed by atoms with Crippen molar-refractivity contribution >= 4 is 16.2 Å². The number of ether oxygens (including phenoxy) is 1. The topological polar surface area (TPSA) is 55.7 Å². The van der Waals surface area contributed by atoms with E-state index < -0.39 is 10.5 Å². The largest absolute Gasteiger partial charge is 0.494 e. The van der Waals surface area contributed by atoms with Crippen molar-refractivity contribution in [1.29, 1.82) is 0 Å². The van der Waals surface area contributed by atoms with Gasteiger partial charge < -0.3 is 4.74 Å². The molecule has 0 aliphatic carbocycles. The second-order valence-corrected chi connectivity index (χ2v) is 3.27. The first-order valence-corrected chi connectivity index (χ1v) is 5.29. The van der Waals surface area contributed by atoms with Crippen LogP contribution < -0.4 is 4.74 Å². The first kappa shape index (κ1) is 10.7. The van der Waals surface area contributed by atoms with E-state index in [1.807, 2.05) is 6.92 Å². The van der Waals surface area contributed by atoms with Crippen LogP contribution in [0.2, 0.25) is 0 Å². The van der Waals surface area contributed by atoms with Crippen LogP contribution in [0.15, 0.2) is 28.6 Å². The molecule has 76 valence electrons. The third-order valence-corrected chi connectivity index (χ3v) is 1.85. The molecule has 0 unspecified atom stereocenters. The first-order valence-electron chi connectivity index (χ1n) is 4.26. The molecule has 14 heavy (non-hydrogen) atoms. The van der Waals surface area contributed by atoms with Crippen molar-refractivity contribution < 1.29 is 13.2 Å². The molecule has 0 N–H and O–H groups in total. The van der Waals surface area contributed by atoms with Gasteiger partial charge in [0.15, 0.2) is 0 Å². The second-order valence-electron chi connectivity index (χ2n) is 2.65. The molecule has 1 aromatic rings. The van der Waals surface area contributed by atoms with Crippen LogP contribution in [0, 0.1) is 0 Å². The van der Waals surface area contributed by atoms with Gasteiger partial charge in [0, 0.05) is 0 Å². The van der Waals surface area contributed by atoms with Crippen molar-refractivity contribution in [3.63, 3.8) is 0 Å². The molecular weight excluding hydrogens is 202 g/mol. The molecule has 0 amide bonds. The summed E-state index contributed by atoms with van der Waals surface area (Å²) in [6.45, 7) is 2.67. The van der Waals surface area contributed by atoms with Gasteiger partial charge in [-0.25, -0.2) is 0 Å². The summed E-state index contributed by atoms with van der Waals surface area (Å²) in [5.74, 6) is 0.725. The molecule has 0 atom stereocenters. The number of rotatable bonds is 4. The third kappa shape index (κ3) is 3.57. The summed E-state index contributed by atoms with van der Waals surface area (Å²) in [6, 6.07) is 6.59. The summed E-state index contributed by atoms with van der Waals surface area (Å²) in [4.78, 5) is 0. The van der Waals surface area contributed by atoms with E-state index in [1.54, 1.807) is 24.3 Å². The maximum Gasteiger partial charge on any atom is 0.316 e. The van der Waals surface area contributed by atoms with Crippen molar-refractivity contribution in [2.45, 2.75) is 13.3 Å². The molecule has 1 rings (SSSR count). The highest BCUT2D eigenvalue weighted by Gasteiger charge is 1.93. The van der Waals surface area contributed by atoms with Crippen LogP contribution >= 0.6 is 0 Å². The lowest BCUT2D eigenvalue weighted by molar-refractivity contribution is 0.317. The van der Waals surface area contributed by atoms with E-state index in [0.717, 1.165) is 12.2 Å². The monoisotopic (exact) mass is 213 g/mol. The second kappa shape index (κ2) is 5.39. The third-order valence-electron chi connectivity index (χ3n) is 1.49. The highest BCUT2D eigenvalue weighted by atomic mass is 32.2. The standard InChI is InChI=1S/C9H11NO3S/c1-2-7-13-9-5-3-8(4-6-9)10-14(11)12/h3-6H,2,7H2,1H3. The fraction of sp³-hybridized carbons (Fsp3) is 0.333. The molecule has 4 nitrogen and oxygen atoms in total. The summed E-state index contributed by atoms with van der Waals surface area (Å²) in [5, 5.41) is 0. The average molecular weight is 213 g/mol. The molecule has 5 heteroatoms. The average Bonchev–Trinajstić information content (AvgIpc) is 2.16. The van der Waals surface area contributed by atoms with E-state index in [2.05, 4.69) is 4.36 Å². The lowest BCUT2D eigenvalue weighted by Crippen LogP contribution is -1.93. The fourth-order valence-corrected chi connectivity index (χ4v) is 1.20. The van der Waals surface area contributed by atoms with Gasteiger partial charge in [0.1, 0.15) is 5.75 Å². The number of hydrogen-bond donors (Lipinski definition) is 0. The summed E-state index contributed by atoms with van der Waals surface area (Å²) < 4.78 is 29.1. The predicted molar refractivity (Wildman–Crippen MR) is 53.2 cm³/mol. The minimum absolute atomic E-state index is 0.405. The van der Waals surface area contributed by atoms with E-state index in [0.29, 0.717) is 12.3 Å². The molecule has 0 fully saturated rings. The van der Waals surface area contributed by atoms with E-state index in [1.165, 1.54) is 0 Å². The van der Waals surface area contributed by atoms with Crippen molar-refractivity contribution in [1.82, 2.24) is 0 Å². The SMILES string of the molecule is CCCOc1ccc(N=S(=O)=O)cc1. The summed E-state index contributed by atoms with van der Waals surface area (Å²) in [6.07, 6.45) is 0.941. The number of benzene rings is 1. The molecule has 0 radical (unpaired) electrons. The summed E-state index contributed by atoms with van der Waals surface area (Å²) in [7, 11) is -2.39. The Bertz CT molecular complexity index is 400. The molecular formula is C9H11NO3S. The highest BCUT2D eigenvalue weighted by Crippen LogP contribution is 2.17. The molecule has 1 aromatic carbocycles. The van der Waals surface area contributed by atoms with Crippen LogP contribution in [0.1, 0.15) is 13.3 Å². The lowest BCUT2D eigenvalue weighted by Gasteiger charge is -2.02. The Hall–Kier alpha value is -1.36. The van der Waals surface area contributed by atoms with E-state index in [-0.39, 0.29) is 0 Å². The summed E-state index contributed by atoms with van der Waals surface area (Å²) >= 11 is 0. The van der Waals surface area contributed by atoms with Crippen molar-refractivity contribution in [2.75, 3.05) is 6.61 Å². The molecule has 0 heterocycles. The number of nitrogens with zero attached hydrogens (tertiary/aromatic N) is 1. The summed E-state index contributed by atoms with van der Waals surface area (Å²) in [5.41, 5.74) is 0.405. The Morgan fingerprint density at radius 1 is 1.29 bits per heavy atom. The molecule has 0 bridgehead atoms. The van der Waals surface area contributed by atoms with Gasteiger partial charge in [0.25, 0.3) is 0 Å². The van der Waals surface area contributed by atoms with Gasteiger partial charge in [-0.2, -0.15) is 8.42 Å². The van der Waals surface area contributed by atoms with Crippen molar-refractivity contribution in [3.8, 4) is 5.75 Å². The maximum absolute atomic E-state index is 10.2. The van der Waals surface area contributed by atoms with E-state index in [4.69, 9.17) is 4.74 Å². The normalized spacial score (nSPS) is 9.50. The maximum atomic E-state index is 10.2. The molecule has 0 aliphatic rings. The Kier molecular flexibility index (Phi) is 4.12. The van der Waals surface area contributed by atoms with Crippen LogP contribution in [0.25, 0.3) is 0 Å². The van der Waals surface area contributed by atoms with Crippen LogP contribution in [0.5, 0.6) is 5.75 Å². The quantitative estimate of drug-likeness (QED) is 0.770. The zero-order valence-electron chi connectivity index (χ0n) is 7.80. The van der Waals surface area contributed by atoms with Crippen LogP contribution in [0.3, 0.4) is 0 Å². The molecule has 0 saturated carbocycles. The van der Waals surface area contributed by atoms with Gasteiger partial charge in [-0.15, -0.1) is 4.36 Å². The minimum atomic E-state index is -2.39. The molecule has 0 aromatic heterocycles. The van der Waals surface area contributed by atoms with Crippen molar-refractivity contribution in [3.05, 3.63) is 24.3 Å². The molecule has 0 spiro atoms. The molecule has 0 saturated heterocycles. The Balaban J connectivity index is 2.73. The zero-order valence-corrected chi connectivity index (χ0v) is 8.62. The van der Waals surface area contributed by atoms with Gasteiger partial charge in [-0.3, -0.25) is 0 Å². The first-order chi connectivity index (χ1) is 6.72. The van der Waals surface area contributed by atoms with Gasteiger partial charge >= 0.3 is 10.5 Å². The van der Waals surface area contributed by atoms with Gasteiger partial charge in [0.05, 0.1) is 12.3 Å². The van der Waals surface area contributed by atoms with Crippen LogP contribution in [-0.2, 0) is 10.5 Å². The van der Waals surface area contributed by atoms with E-state index >= 15 is 0 Å².